The molecule has 0 bridgehead atoms. The molecule has 0 N–H and O–H groups in total. The van der Waals surface area contributed by atoms with E-state index in [4.69, 9.17) is 16.3 Å². The minimum absolute atomic E-state index is 0.0760. The molecule has 1 aromatic carbocycles. The Hall–Kier alpha value is -1.24. The minimum atomic E-state index is -1.80. The summed E-state index contributed by atoms with van der Waals surface area (Å²) in [5, 5.41) is 1.31. The van der Waals surface area contributed by atoms with Crippen molar-refractivity contribution in [2.45, 2.75) is 25.6 Å². The number of hydrogen-bond acceptors (Lipinski definition) is 2. The van der Waals surface area contributed by atoms with Gasteiger partial charge < -0.3 is 4.74 Å². The van der Waals surface area contributed by atoms with Crippen LogP contribution in [-0.2, 0) is 9.53 Å². The van der Waals surface area contributed by atoms with E-state index in [-0.39, 0.29) is 17.4 Å². The summed E-state index contributed by atoms with van der Waals surface area (Å²) in [6, 6.07) is 10.3. The van der Waals surface area contributed by atoms with E-state index in [0.717, 1.165) is 0 Å². The predicted octanol–water partition coefficient (Wildman–Crippen LogP) is 2.78. The van der Waals surface area contributed by atoms with Gasteiger partial charge in [0, 0.05) is 0 Å². The van der Waals surface area contributed by atoms with E-state index in [1.807, 2.05) is 25.1 Å². The lowest BCUT2D eigenvalue weighted by atomic mass is 10.4. The summed E-state index contributed by atoms with van der Waals surface area (Å²) in [6.07, 6.45) is 0. The van der Waals surface area contributed by atoms with Crippen LogP contribution in [0, 0.1) is 11.8 Å². The summed E-state index contributed by atoms with van der Waals surface area (Å²) < 4.78 is 5.18. The van der Waals surface area contributed by atoms with Crippen molar-refractivity contribution in [3.05, 3.63) is 30.3 Å². The molecule has 19 heavy (non-hydrogen) atoms. The number of carbonyl (C=O) groups is 1. The smallest absolute Gasteiger partial charge is 0.320 e. The normalized spacial score (nSPS) is 12.2. The van der Waals surface area contributed by atoms with Gasteiger partial charge in [-0.15, -0.1) is 17.5 Å². The lowest BCUT2D eigenvalue weighted by Gasteiger charge is -2.29. The van der Waals surface area contributed by atoms with E-state index in [2.05, 4.69) is 37.1 Å². The quantitative estimate of drug-likeness (QED) is 0.361. The molecule has 0 aliphatic rings. The van der Waals surface area contributed by atoms with Gasteiger partial charge >= 0.3 is 5.97 Å². The molecule has 1 aromatic rings. The van der Waals surface area contributed by atoms with Crippen molar-refractivity contribution in [2.24, 2.45) is 0 Å². The zero-order chi connectivity index (χ0) is 14.3. The summed E-state index contributed by atoms with van der Waals surface area (Å²) in [5.41, 5.74) is 0.0760. The molecule has 0 amide bonds. The Bertz CT molecular complexity index is 474. The molecular formula is C15H19ClO2Si. The average Bonchev–Trinajstić information content (AvgIpc) is 2.43. The van der Waals surface area contributed by atoms with Crippen molar-refractivity contribution >= 4 is 30.8 Å². The van der Waals surface area contributed by atoms with Crippen LogP contribution in [-0.4, -0.2) is 26.5 Å². The van der Waals surface area contributed by atoms with Gasteiger partial charge in [0.1, 0.15) is 20.6 Å². The van der Waals surface area contributed by atoms with Crippen LogP contribution in [0.2, 0.25) is 18.6 Å². The Balaban J connectivity index is 2.90. The van der Waals surface area contributed by atoms with Crippen LogP contribution in [0.15, 0.2) is 30.3 Å². The lowest BCUT2D eigenvalue weighted by molar-refractivity contribution is -0.140. The van der Waals surface area contributed by atoms with Gasteiger partial charge in [0.15, 0.2) is 0 Å². The fourth-order valence-electron chi connectivity index (χ4n) is 1.89. The molecule has 4 heteroatoms. The summed E-state index contributed by atoms with van der Waals surface area (Å²) in [5.74, 6) is 5.64. The number of ether oxygens (including phenoxy) is 1. The zero-order valence-electron chi connectivity index (χ0n) is 11.6. The highest BCUT2D eigenvalue weighted by atomic mass is 35.5. The summed E-state index contributed by atoms with van der Waals surface area (Å²) in [7, 11) is -1.80. The maximum absolute atomic E-state index is 11.2. The van der Waals surface area contributed by atoms with Crippen LogP contribution in [0.25, 0.3) is 0 Å². The van der Waals surface area contributed by atoms with Gasteiger partial charge in [-0.2, -0.15) is 0 Å². The van der Waals surface area contributed by atoms with Crippen molar-refractivity contribution < 1.29 is 9.53 Å². The second-order valence-electron chi connectivity index (χ2n) is 4.85. The molecule has 1 unspecified atom stereocenters. The topological polar surface area (TPSA) is 26.3 Å². The molecule has 0 fully saturated rings. The Morgan fingerprint density at radius 1 is 1.37 bits per heavy atom. The fraction of sp³-hybridized carbons (Fsp3) is 0.400. The van der Waals surface area contributed by atoms with E-state index in [9.17, 15) is 4.79 Å². The fourth-order valence-corrected chi connectivity index (χ4v) is 4.42. The molecule has 0 saturated carbocycles. The largest absolute Gasteiger partial charge is 0.464 e. The second kappa shape index (κ2) is 7.37. The highest BCUT2D eigenvalue weighted by Gasteiger charge is 2.33. The van der Waals surface area contributed by atoms with E-state index in [1.54, 1.807) is 0 Å². The van der Waals surface area contributed by atoms with Gasteiger partial charge in [-0.25, -0.2) is 0 Å². The van der Waals surface area contributed by atoms with E-state index in [1.165, 1.54) is 5.19 Å². The molecule has 0 spiro atoms. The van der Waals surface area contributed by atoms with Crippen LogP contribution < -0.4 is 5.19 Å². The molecule has 102 valence electrons. The van der Waals surface area contributed by atoms with Gasteiger partial charge in [-0.3, -0.25) is 4.79 Å². The number of esters is 1. The Morgan fingerprint density at radius 2 is 2.00 bits per heavy atom. The van der Waals surface area contributed by atoms with E-state index in [0.29, 0.717) is 6.61 Å². The monoisotopic (exact) mass is 294 g/mol. The first-order valence-electron chi connectivity index (χ1n) is 6.21. The SMILES string of the molecule is CC#CC(COC(=O)CCl)[Si](C)(C)c1ccccc1. The maximum Gasteiger partial charge on any atom is 0.320 e. The molecule has 2 nitrogen and oxygen atoms in total. The summed E-state index contributed by atoms with van der Waals surface area (Å²) in [4.78, 5) is 11.2. The van der Waals surface area contributed by atoms with E-state index >= 15 is 0 Å². The number of hydrogen-bond donors (Lipinski definition) is 0. The minimum Gasteiger partial charge on any atom is -0.464 e. The Kier molecular flexibility index (Phi) is 6.14. The van der Waals surface area contributed by atoms with Gasteiger partial charge in [0.25, 0.3) is 0 Å². The average molecular weight is 295 g/mol. The first-order chi connectivity index (χ1) is 9.02. The third-order valence-electron chi connectivity index (χ3n) is 3.23. The lowest BCUT2D eigenvalue weighted by Crippen LogP contribution is -2.47. The molecule has 0 aliphatic heterocycles. The number of alkyl halides is 1. The van der Waals surface area contributed by atoms with E-state index < -0.39 is 8.07 Å². The maximum atomic E-state index is 11.2. The van der Waals surface area contributed by atoms with Crippen LogP contribution in [0.3, 0.4) is 0 Å². The molecule has 0 radical (unpaired) electrons. The van der Waals surface area contributed by atoms with Crippen LogP contribution in [0.1, 0.15) is 6.92 Å². The highest BCUT2D eigenvalue weighted by Crippen LogP contribution is 2.22. The Morgan fingerprint density at radius 3 is 2.53 bits per heavy atom. The van der Waals surface area contributed by atoms with Gasteiger partial charge in [-0.1, -0.05) is 54.5 Å². The van der Waals surface area contributed by atoms with Crippen molar-refractivity contribution in [1.82, 2.24) is 0 Å². The molecule has 1 atom stereocenters. The van der Waals surface area contributed by atoms with Gasteiger partial charge in [0.2, 0.25) is 0 Å². The van der Waals surface area contributed by atoms with Gasteiger partial charge in [-0.05, 0) is 6.92 Å². The van der Waals surface area contributed by atoms with Crippen molar-refractivity contribution in [2.75, 3.05) is 12.5 Å². The van der Waals surface area contributed by atoms with Crippen molar-refractivity contribution in [3.8, 4) is 11.8 Å². The van der Waals surface area contributed by atoms with Crippen LogP contribution >= 0.6 is 11.6 Å². The number of rotatable bonds is 5. The zero-order valence-corrected chi connectivity index (χ0v) is 13.3. The second-order valence-corrected chi connectivity index (χ2v) is 9.84. The first-order valence-corrected chi connectivity index (χ1v) is 9.83. The molecule has 0 heterocycles. The number of carbonyl (C=O) groups excluding carboxylic acids is 1. The molecule has 0 saturated heterocycles. The predicted molar refractivity (Wildman–Crippen MR) is 82.4 cm³/mol. The van der Waals surface area contributed by atoms with Crippen molar-refractivity contribution in [1.29, 1.82) is 0 Å². The molecular weight excluding hydrogens is 276 g/mol. The molecule has 1 rings (SSSR count). The summed E-state index contributed by atoms with van der Waals surface area (Å²) in [6.45, 7) is 6.62. The molecule has 0 aliphatic carbocycles. The Labute approximate surface area is 121 Å². The standard InChI is InChI=1S/C15H19ClO2Si/c1-4-8-14(12-18-15(17)11-16)19(2,3)13-9-6-5-7-10-13/h5-7,9-10,14H,11-12H2,1-3H3. The number of halogens is 1. The highest BCUT2D eigenvalue weighted by molar-refractivity contribution is 6.91. The van der Waals surface area contributed by atoms with Crippen molar-refractivity contribution in [3.63, 3.8) is 0 Å². The molecule has 0 aromatic heterocycles. The van der Waals surface area contributed by atoms with Crippen LogP contribution in [0.4, 0.5) is 0 Å². The third kappa shape index (κ3) is 4.41. The summed E-state index contributed by atoms with van der Waals surface area (Å²) >= 11 is 5.44. The van der Waals surface area contributed by atoms with Crippen LogP contribution in [0.5, 0.6) is 0 Å². The number of benzene rings is 1. The van der Waals surface area contributed by atoms with Gasteiger partial charge in [0.05, 0.1) is 5.54 Å². The first kappa shape index (κ1) is 15.8. The third-order valence-corrected chi connectivity index (χ3v) is 7.32.